The molecule has 2 aromatic heterocycles. The molecule has 4 aliphatic rings. The highest BCUT2D eigenvalue weighted by molar-refractivity contribution is 6.31. The highest BCUT2D eigenvalue weighted by Gasteiger charge is 2.35. The third-order valence-electron chi connectivity index (χ3n) is 15.8. The first-order valence-corrected chi connectivity index (χ1v) is 31.2. The van der Waals surface area contributed by atoms with Crippen LogP contribution in [-0.2, 0) is 52.4 Å². The van der Waals surface area contributed by atoms with Gasteiger partial charge in [-0.25, -0.2) is 0 Å². The standard InChI is InChI=1S/C35H34ClF3N2O5.C34H32ClF3N2O6/c36-28-10-7-24(21-27(28)35(37,38)39)20-25(42)19-23-5-8-26(9-6-23)46-30-11-12-40-29-22-31(33-34(32(29)30)45-18-17-44-33)43-16-4-15-41-13-2-1-3-14-41;35-27-7-4-23(20-26(27)34(36,37)38)19-24(41)18-22-2-5-25(6-3-22)46-29-8-9-39-28-21-30(32-33(31(28)29)45-17-16-44-32)43-13-1-10-40-11-14-42-15-12-40/h5-12,21-22H,1-4,13-20H2;2-9,20-21H,1,10-19H2. The van der Waals surface area contributed by atoms with Crippen molar-refractivity contribution < 1.29 is 78.6 Å². The van der Waals surface area contributed by atoms with Gasteiger partial charge in [-0.3, -0.25) is 24.5 Å². The molecule has 12 rings (SSSR count). The lowest BCUT2D eigenvalue weighted by Gasteiger charge is -2.26. The maximum absolute atomic E-state index is 13.2. The van der Waals surface area contributed by atoms with E-state index in [2.05, 4.69) is 19.8 Å². The Balaban J connectivity index is 0.000000188. The molecule has 0 bridgehead atoms. The fourth-order valence-electron chi connectivity index (χ4n) is 11.3. The molecule has 0 radical (unpaired) electrons. The van der Waals surface area contributed by atoms with Crippen LogP contribution in [0.25, 0.3) is 21.8 Å². The van der Waals surface area contributed by atoms with Gasteiger partial charge in [0.25, 0.3) is 0 Å². The first-order valence-electron chi connectivity index (χ1n) is 30.5. The quantitative estimate of drug-likeness (QED) is 0.0467. The predicted octanol–water partition coefficient (Wildman–Crippen LogP) is 15.0. The molecule has 0 atom stereocenters. The van der Waals surface area contributed by atoms with Gasteiger partial charge in [-0.2, -0.15) is 26.3 Å². The summed E-state index contributed by atoms with van der Waals surface area (Å²) in [4.78, 5) is 39.3. The minimum Gasteiger partial charge on any atom is -0.489 e. The molecule has 15 nitrogen and oxygen atoms in total. The van der Waals surface area contributed by atoms with Crippen LogP contribution in [0.15, 0.2) is 122 Å². The minimum atomic E-state index is -4.59. The van der Waals surface area contributed by atoms with E-state index in [1.165, 1.54) is 37.5 Å². The van der Waals surface area contributed by atoms with Crippen molar-refractivity contribution in [2.45, 2.75) is 70.1 Å². The molecule has 92 heavy (non-hydrogen) atoms. The average Bonchev–Trinajstić information content (AvgIpc) is 0.811. The zero-order valence-corrected chi connectivity index (χ0v) is 51.6. The normalized spacial score (nSPS) is 15.1. The molecular formula is C69H66Cl2F6N4O11. The average molecular weight is 1310 g/mol. The Bertz CT molecular complexity index is 3630. The number of halogens is 8. The second-order valence-corrected chi connectivity index (χ2v) is 23.3. The maximum atomic E-state index is 13.2. The van der Waals surface area contributed by atoms with Crippen molar-refractivity contribution in [3.05, 3.63) is 165 Å². The molecular weight excluding hydrogens is 1250 g/mol. The smallest absolute Gasteiger partial charge is 0.417 e. The van der Waals surface area contributed by atoms with Gasteiger partial charge in [0.1, 0.15) is 61.0 Å². The number of rotatable bonds is 22. The second kappa shape index (κ2) is 30.1. The number of fused-ring (bicyclic) bond motifs is 6. The molecule has 23 heteroatoms. The zero-order chi connectivity index (χ0) is 64.2. The first kappa shape index (κ1) is 65.4. The van der Waals surface area contributed by atoms with Crippen molar-refractivity contribution >= 4 is 56.6 Å². The number of carbonyl (C=O) groups is 2. The van der Waals surface area contributed by atoms with Gasteiger partial charge in [0.05, 0.1) is 69.4 Å². The van der Waals surface area contributed by atoms with Crippen molar-refractivity contribution in [3.63, 3.8) is 0 Å². The van der Waals surface area contributed by atoms with Gasteiger partial charge in [-0.15, -0.1) is 0 Å². The van der Waals surface area contributed by atoms with Crippen LogP contribution in [0.3, 0.4) is 0 Å². The third kappa shape index (κ3) is 16.9. The Hall–Kier alpha value is -8.08. The van der Waals surface area contributed by atoms with Gasteiger partial charge in [-0.05, 0) is 122 Å². The molecule has 2 fully saturated rings. The van der Waals surface area contributed by atoms with Crippen LogP contribution < -0.4 is 37.9 Å². The van der Waals surface area contributed by atoms with Crippen LogP contribution >= 0.6 is 23.2 Å². The fraction of sp³-hybridized carbons (Fsp3) is 0.362. The third-order valence-corrected chi connectivity index (χ3v) is 16.4. The van der Waals surface area contributed by atoms with Crippen LogP contribution in [0.1, 0.15) is 65.5 Å². The van der Waals surface area contributed by atoms with Crippen molar-refractivity contribution in [1.82, 2.24) is 19.8 Å². The van der Waals surface area contributed by atoms with Gasteiger partial charge in [0, 0.05) is 76.4 Å². The number of ketones is 2. The number of benzene rings is 6. The summed E-state index contributed by atoms with van der Waals surface area (Å²) in [5.41, 5.74) is 1.29. The van der Waals surface area contributed by atoms with Crippen molar-refractivity contribution in [3.8, 4) is 57.5 Å². The number of pyridine rings is 2. The topological polar surface area (TPSA) is 149 Å². The van der Waals surface area contributed by atoms with Gasteiger partial charge in [-0.1, -0.05) is 66.0 Å². The molecule has 484 valence electrons. The molecule has 4 aliphatic heterocycles. The Labute approximate surface area is 537 Å². The lowest BCUT2D eigenvalue weighted by molar-refractivity contribution is -0.138. The Morgan fingerprint density at radius 1 is 0.457 bits per heavy atom. The van der Waals surface area contributed by atoms with E-state index in [1.54, 1.807) is 73.1 Å². The SMILES string of the molecule is O=C(Cc1ccc(Oc2ccnc3cc(OCCCN4CCCCC4)c4c(c23)OCCO4)cc1)Cc1ccc(Cl)c(C(F)(F)F)c1.O=C(Cc1ccc(Oc2ccnc3cc(OCCCN4CCOCC4)c4c(c23)OCCO4)cc1)Cc1ccc(Cl)c(C(F)(F)F)c1. The lowest BCUT2D eigenvalue weighted by Crippen LogP contribution is -2.37. The van der Waals surface area contributed by atoms with Crippen LogP contribution in [0.5, 0.6) is 57.5 Å². The van der Waals surface area contributed by atoms with E-state index >= 15 is 0 Å². The summed E-state index contributed by atoms with van der Waals surface area (Å²) < 4.78 is 134. The van der Waals surface area contributed by atoms with Crippen LogP contribution in [0, 0.1) is 0 Å². The molecule has 6 aromatic carbocycles. The minimum absolute atomic E-state index is 0.0519. The predicted molar refractivity (Wildman–Crippen MR) is 334 cm³/mol. The van der Waals surface area contributed by atoms with E-state index in [4.69, 9.17) is 65.8 Å². The van der Waals surface area contributed by atoms with Crippen LogP contribution in [0.4, 0.5) is 26.3 Å². The number of hydrogen-bond donors (Lipinski definition) is 0. The molecule has 0 aliphatic carbocycles. The molecule has 2 saturated heterocycles. The highest BCUT2D eigenvalue weighted by Crippen LogP contribution is 2.50. The Kier molecular flexibility index (Phi) is 21.4. The number of Topliss-reactive ketones (excluding diaryl/α,β-unsaturated/α-hetero) is 2. The van der Waals surface area contributed by atoms with E-state index in [1.807, 2.05) is 12.1 Å². The Morgan fingerprint density at radius 2 is 0.848 bits per heavy atom. The summed E-state index contributed by atoms with van der Waals surface area (Å²) in [5.74, 6) is 4.86. The summed E-state index contributed by atoms with van der Waals surface area (Å²) in [6.07, 6.45) is -0.476. The summed E-state index contributed by atoms with van der Waals surface area (Å²) in [5, 5.41) is 0.523. The van der Waals surface area contributed by atoms with Crippen molar-refractivity contribution in [2.24, 2.45) is 0 Å². The summed E-state index contributed by atoms with van der Waals surface area (Å²) >= 11 is 11.4. The van der Waals surface area contributed by atoms with Crippen LogP contribution in [-0.4, -0.2) is 123 Å². The second-order valence-electron chi connectivity index (χ2n) is 22.5. The molecule has 0 unspecified atom stereocenters. The molecule has 8 aromatic rings. The largest absolute Gasteiger partial charge is 0.489 e. The summed E-state index contributed by atoms with van der Waals surface area (Å²) in [6.45, 7) is 10.2. The van der Waals surface area contributed by atoms with Crippen LogP contribution in [0.2, 0.25) is 10.0 Å². The van der Waals surface area contributed by atoms with Gasteiger partial charge in [0.15, 0.2) is 23.0 Å². The van der Waals surface area contributed by atoms with Gasteiger partial charge >= 0.3 is 12.4 Å². The number of ether oxygens (including phenoxy) is 9. The number of morpholine rings is 1. The fourth-order valence-corrected chi connectivity index (χ4v) is 11.8. The Morgan fingerprint density at radius 3 is 1.27 bits per heavy atom. The number of likely N-dealkylation sites (tertiary alicyclic amines) is 1. The number of aromatic nitrogens is 2. The number of alkyl halides is 6. The van der Waals surface area contributed by atoms with E-state index in [-0.39, 0.29) is 48.4 Å². The molecule has 0 saturated carbocycles. The van der Waals surface area contributed by atoms with Gasteiger partial charge in [0.2, 0.25) is 11.5 Å². The monoisotopic (exact) mass is 1310 g/mol. The molecule has 0 spiro atoms. The number of piperidine rings is 1. The van der Waals surface area contributed by atoms with Crippen molar-refractivity contribution in [1.29, 1.82) is 0 Å². The number of carbonyl (C=O) groups excluding carboxylic acids is 2. The summed E-state index contributed by atoms with van der Waals surface area (Å²) in [7, 11) is 0. The van der Waals surface area contributed by atoms with Crippen molar-refractivity contribution in [2.75, 3.05) is 92.1 Å². The number of hydrogen-bond acceptors (Lipinski definition) is 15. The maximum Gasteiger partial charge on any atom is 0.417 e. The van der Waals surface area contributed by atoms with Gasteiger partial charge < -0.3 is 47.5 Å². The first-order chi connectivity index (χ1) is 44.5. The molecule has 6 heterocycles. The molecule has 0 amide bonds. The van der Waals surface area contributed by atoms with E-state index in [0.717, 1.165) is 83.5 Å². The summed E-state index contributed by atoms with van der Waals surface area (Å²) in [6, 6.07) is 28.2. The molecule has 0 N–H and O–H groups in total. The van der Waals surface area contributed by atoms with E-state index in [9.17, 15) is 35.9 Å². The highest BCUT2D eigenvalue weighted by atomic mass is 35.5. The zero-order valence-electron chi connectivity index (χ0n) is 50.1. The van der Waals surface area contributed by atoms with E-state index in [0.29, 0.717) is 130 Å². The number of nitrogens with zero attached hydrogens (tertiary/aromatic N) is 4. The van der Waals surface area contributed by atoms with E-state index < -0.39 is 33.5 Å². The lowest BCUT2D eigenvalue weighted by atomic mass is 10.0.